The highest BCUT2D eigenvalue weighted by molar-refractivity contribution is 4.50. The molecule has 0 rings (SSSR count). The fourth-order valence-electron chi connectivity index (χ4n) is 0.0365. The van der Waals surface area contributed by atoms with Crippen molar-refractivity contribution in [2.45, 2.75) is 0 Å². The molecule has 38 valence electrons. The second-order valence-corrected chi connectivity index (χ2v) is 0.598. The van der Waals surface area contributed by atoms with Crippen molar-refractivity contribution in [1.29, 1.82) is 5.26 Å². The van der Waals surface area contributed by atoms with Crippen LogP contribution in [0.5, 0.6) is 0 Å². The van der Waals surface area contributed by atoms with Crippen LogP contribution in [0.15, 0.2) is 0 Å². The topological polar surface area (TPSA) is 70.2 Å². The number of hydrogen-bond donors (Lipinski definition) is 0. The number of nitro groups is 1. The summed E-state index contributed by atoms with van der Waals surface area (Å²) >= 11 is 0. The number of hydrogen-bond acceptors (Lipinski definition) is 3. The van der Waals surface area contributed by atoms with Crippen molar-refractivity contribution in [1.82, 2.24) is 5.23 Å². The summed E-state index contributed by atoms with van der Waals surface area (Å²) in [5, 5.41) is 13.8. The Kier molecular flexibility index (Phi) is 1.54. The molecule has 0 aliphatic rings. The van der Waals surface area contributed by atoms with Crippen molar-refractivity contribution < 1.29 is 9.51 Å². The molecule has 0 saturated heterocycles. The SMILES string of the molecule is N#CN(F)[N+](=O)[O-]. The highest BCUT2D eigenvalue weighted by atomic mass is 19.2. The van der Waals surface area contributed by atoms with Crippen LogP contribution >= 0.6 is 0 Å². The van der Waals surface area contributed by atoms with Gasteiger partial charge in [-0.05, 0) is 4.48 Å². The molecule has 0 aromatic heterocycles. The Hall–Kier alpha value is -1.38. The molecule has 0 saturated carbocycles. The van der Waals surface area contributed by atoms with E-state index in [9.17, 15) is 4.48 Å². The standard InChI is InChI=1S/CFN3O2/c2-4(1-3)5(6)7. The Morgan fingerprint density at radius 1 is 2.00 bits per heavy atom. The summed E-state index contributed by atoms with van der Waals surface area (Å²) in [7, 11) is 0. The zero-order valence-electron chi connectivity index (χ0n) is 3.04. The smallest absolute Gasteiger partial charge is 0.232 e. The Balaban J connectivity index is 3.63. The first-order chi connectivity index (χ1) is 3.18. The highest BCUT2D eigenvalue weighted by Crippen LogP contribution is 1.80. The Morgan fingerprint density at radius 3 is 2.43 bits per heavy atom. The van der Waals surface area contributed by atoms with Gasteiger partial charge in [0.05, 0.1) is 0 Å². The van der Waals surface area contributed by atoms with E-state index in [4.69, 9.17) is 15.4 Å². The van der Waals surface area contributed by atoms with Crippen LogP contribution in [0, 0.1) is 21.6 Å². The lowest BCUT2D eigenvalue weighted by Crippen LogP contribution is -2.13. The van der Waals surface area contributed by atoms with Gasteiger partial charge in [0.25, 0.3) is 6.19 Å². The molecule has 6 heteroatoms. The van der Waals surface area contributed by atoms with E-state index in [1.54, 1.807) is 0 Å². The van der Waals surface area contributed by atoms with Crippen LogP contribution in [0.2, 0.25) is 0 Å². The van der Waals surface area contributed by atoms with Gasteiger partial charge in [0.1, 0.15) is 0 Å². The van der Waals surface area contributed by atoms with E-state index in [0.29, 0.717) is 6.19 Å². The largest absolute Gasteiger partial charge is 0.285 e. The second-order valence-electron chi connectivity index (χ2n) is 0.598. The molecule has 0 aliphatic heterocycles. The van der Waals surface area contributed by atoms with Gasteiger partial charge >= 0.3 is 0 Å². The van der Waals surface area contributed by atoms with E-state index in [2.05, 4.69) is 0 Å². The average Bonchev–Trinajstić information content (AvgIpc) is 1.65. The monoisotopic (exact) mass is 105 g/mol. The summed E-state index contributed by atoms with van der Waals surface area (Å²) in [5.41, 5.74) is 0. The fourth-order valence-corrected chi connectivity index (χ4v) is 0.0365. The van der Waals surface area contributed by atoms with Gasteiger partial charge in [0.15, 0.2) is 5.23 Å². The van der Waals surface area contributed by atoms with Gasteiger partial charge in [-0.15, -0.1) is 0 Å². The molecule has 0 aromatic rings. The predicted molar refractivity (Wildman–Crippen MR) is 15.6 cm³/mol. The predicted octanol–water partition coefficient (Wildman–Crippen LogP) is -0.154. The van der Waals surface area contributed by atoms with Crippen LogP contribution in [0.25, 0.3) is 0 Å². The Labute approximate surface area is 37.6 Å². The van der Waals surface area contributed by atoms with Crippen molar-refractivity contribution in [2.24, 2.45) is 0 Å². The number of hydrazine groups is 1. The normalized spacial score (nSPS) is 6.86. The van der Waals surface area contributed by atoms with E-state index >= 15 is 0 Å². The molecule has 0 heterocycles. The lowest BCUT2D eigenvalue weighted by molar-refractivity contribution is -0.684. The summed E-state index contributed by atoms with van der Waals surface area (Å²) in [6, 6.07) is 0. The maximum absolute atomic E-state index is 11.0. The van der Waals surface area contributed by atoms with E-state index in [0.717, 1.165) is 0 Å². The van der Waals surface area contributed by atoms with Gasteiger partial charge in [-0.1, -0.05) is 0 Å². The third-order valence-electron chi connectivity index (χ3n) is 0.226. The molecule has 0 fully saturated rings. The minimum Gasteiger partial charge on any atom is -0.232 e. The first kappa shape index (κ1) is 5.62. The van der Waals surface area contributed by atoms with Crippen molar-refractivity contribution in [3.63, 3.8) is 0 Å². The molecule has 0 radical (unpaired) electrons. The molecular formula is CFN3O2. The van der Waals surface area contributed by atoms with Crippen LogP contribution in [0.4, 0.5) is 4.48 Å². The zero-order valence-corrected chi connectivity index (χ0v) is 3.04. The van der Waals surface area contributed by atoms with E-state index in [1.165, 1.54) is 0 Å². The van der Waals surface area contributed by atoms with Crippen molar-refractivity contribution >= 4 is 0 Å². The zero-order chi connectivity index (χ0) is 5.86. The first-order valence-corrected chi connectivity index (χ1v) is 1.18. The molecule has 0 N–H and O–H groups in total. The number of halogens is 1. The number of nitrogens with zero attached hydrogens (tertiary/aromatic N) is 3. The van der Waals surface area contributed by atoms with Crippen LogP contribution in [-0.2, 0) is 0 Å². The van der Waals surface area contributed by atoms with Crippen LogP contribution < -0.4 is 0 Å². The summed E-state index contributed by atoms with van der Waals surface area (Å²) in [6.07, 6.45) is 0.632. The fraction of sp³-hybridized carbons (Fsp3) is 0. The maximum atomic E-state index is 11.0. The summed E-state index contributed by atoms with van der Waals surface area (Å²) in [6.45, 7) is 0. The lowest BCUT2D eigenvalue weighted by atomic mass is 11.4. The minimum absolute atomic E-state index is 0.632. The molecule has 7 heavy (non-hydrogen) atoms. The third kappa shape index (κ3) is 1.49. The third-order valence-corrected chi connectivity index (χ3v) is 0.226. The van der Waals surface area contributed by atoms with E-state index in [1.807, 2.05) is 0 Å². The van der Waals surface area contributed by atoms with Gasteiger partial charge in [0.2, 0.25) is 5.03 Å². The van der Waals surface area contributed by atoms with E-state index in [-0.39, 0.29) is 0 Å². The minimum atomic E-state index is -1.47. The molecule has 0 unspecified atom stereocenters. The first-order valence-electron chi connectivity index (χ1n) is 1.18. The van der Waals surface area contributed by atoms with Gasteiger partial charge in [-0.3, -0.25) is 0 Å². The number of rotatable bonds is 1. The van der Waals surface area contributed by atoms with Gasteiger partial charge in [-0.2, -0.15) is 5.26 Å². The quantitative estimate of drug-likeness (QED) is 0.153. The lowest BCUT2D eigenvalue weighted by Gasteiger charge is -1.83. The van der Waals surface area contributed by atoms with Gasteiger partial charge < -0.3 is 0 Å². The molecule has 0 aliphatic carbocycles. The summed E-state index contributed by atoms with van der Waals surface area (Å²) < 4.78 is 11.0. The highest BCUT2D eigenvalue weighted by Gasteiger charge is 2.07. The molecular weight excluding hydrogens is 105 g/mol. The van der Waals surface area contributed by atoms with Crippen molar-refractivity contribution in [2.75, 3.05) is 0 Å². The van der Waals surface area contributed by atoms with Gasteiger partial charge in [0, 0.05) is 0 Å². The summed E-state index contributed by atoms with van der Waals surface area (Å²) in [5.74, 6) is 0. The molecule has 5 nitrogen and oxygen atoms in total. The van der Waals surface area contributed by atoms with Crippen molar-refractivity contribution in [3.05, 3.63) is 10.1 Å². The molecule has 0 bridgehead atoms. The van der Waals surface area contributed by atoms with Gasteiger partial charge in [-0.25, -0.2) is 10.1 Å². The second kappa shape index (κ2) is 1.92. The molecule has 0 aromatic carbocycles. The van der Waals surface area contributed by atoms with Crippen LogP contribution in [-0.4, -0.2) is 10.3 Å². The Bertz CT molecular complexity index is 117. The summed E-state index contributed by atoms with van der Waals surface area (Å²) in [4.78, 5) is 9.06. The maximum Gasteiger partial charge on any atom is 0.285 e. The van der Waals surface area contributed by atoms with Crippen LogP contribution in [0.3, 0.4) is 0 Å². The molecule has 0 spiro atoms. The van der Waals surface area contributed by atoms with Crippen molar-refractivity contribution in [3.8, 4) is 6.19 Å². The Morgan fingerprint density at radius 2 is 2.43 bits per heavy atom. The molecule has 0 atom stereocenters. The van der Waals surface area contributed by atoms with E-state index < -0.39 is 10.3 Å². The van der Waals surface area contributed by atoms with Crippen LogP contribution in [0.1, 0.15) is 0 Å². The molecule has 0 amide bonds. The number of nitriles is 1. The average molecular weight is 105 g/mol.